The minimum absolute atomic E-state index is 0.0605. The van der Waals surface area contributed by atoms with E-state index in [0.29, 0.717) is 17.0 Å². The first-order valence-corrected chi connectivity index (χ1v) is 6.43. The SMILES string of the molecule is COc1cc(N)cc(C(=O)OCc2ccc(F)cc2Cl)c1. The van der Waals surface area contributed by atoms with Gasteiger partial charge < -0.3 is 15.2 Å². The number of rotatable bonds is 4. The Morgan fingerprint density at radius 3 is 2.71 bits per heavy atom. The van der Waals surface area contributed by atoms with Gasteiger partial charge in [0.2, 0.25) is 0 Å². The molecule has 0 amide bonds. The summed E-state index contributed by atoms with van der Waals surface area (Å²) in [7, 11) is 1.47. The van der Waals surface area contributed by atoms with Crippen molar-refractivity contribution in [3.8, 4) is 5.75 Å². The Morgan fingerprint density at radius 1 is 1.29 bits per heavy atom. The molecule has 0 saturated carbocycles. The van der Waals surface area contributed by atoms with Crippen LogP contribution in [0.25, 0.3) is 0 Å². The molecule has 0 aliphatic rings. The van der Waals surface area contributed by atoms with Crippen LogP contribution in [0.4, 0.5) is 10.1 Å². The summed E-state index contributed by atoms with van der Waals surface area (Å²) in [6, 6.07) is 8.47. The summed E-state index contributed by atoms with van der Waals surface area (Å²) < 4.78 is 23.1. The van der Waals surface area contributed by atoms with Gasteiger partial charge in [-0.05, 0) is 24.3 Å². The average Bonchev–Trinajstić information content (AvgIpc) is 2.45. The quantitative estimate of drug-likeness (QED) is 0.694. The highest BCUT2D eigenvalue weighted by Crippen LogP contribution is 2.21. The van der Waals surface area contributed by atoms with Crippen LogP contribution in [0.15, 0.2) is 36.4 Å². The highest BCUT2D eigenvalue weighted by molar-refractivity contribution is 6.31. The first-order chi connectivity index (χ1) is 9.99. The second-order valence-corrected chi connectivity index (χ2v) is 4.71. The minimum atomic E-state index is -0.569. The Morgan fingerprint density at radius 2 is 2.05 bits per heavy atom. The predicted octanol–water partition coefficient (Wildman–Crippen LogP) is 3.43. The number of nitrogens with two attached hydrogens (primary N) is 1. The maximum Gasteiger partial charge on any atom is 0.338 e. The second kappa shape index (κ2) is 6.45. The lowest BCUT2D eigenvalue weighted by atomic mass is 10.2. The van der Waals surface area contributed by atoms with Gasteiger partial charge in [-0.15, -0.1) is 0 Å². The van der Waals surface area contributed by atoms with Crippen molar-refractivity contribution >= 4 is 23.3 Å². The van der Waals surface area contributed by atoms with Gasteiger partial charge in [-0.1, -0.05) is 17.7 Å². The zero-order chi connectivity index (χ0) is 15.4. The number of nitrogen functional groups attached to an aromatic ring is 1. The smallest absolute Gasteiger partial charge is 0.338 e. The molecule has 2 aromatic carbocycles. The number of hydrogen-bond donors (Lipinski definition) is 1. The summed E-state index contributed by atoms with van der Waals surface area (Å²) in [5, 5.41) is 0.202. The molecule has 110 valence electrons. The van der Waals surface area contributed by atoms with E-state index in [9.17, 15) is 9.18 Å². The molecule has 6 heteroatoms. The lowest BCUT2D eigenvalue weighted by Gasteiger charge is -2.08. The third-order valence-corrected chi connectivity index (χ3v) is 3.13. The van der Waals surface area contributed by atoms with E-state index in [1.165, 1.54) is 31.4 Å². The number of benzene rings is 2. The van der Waals surface area contributed by atoms with Crippen LogP contribution in [0.3, 0.4) is 0 Å². The van der Waals surface area contributed by atoms with E-state index < -0.39 is 11.8 Å². The minimum Gasteiger partial charge on any atom is -0.497 e. The van der Waals surface area contributed by atoms with Gasteiger partial charge in [0.05, 0.1) is 17.7 Å². The maximum absolute atomic E-state index is 12.9. The van der Waals surface area contributed by atoms with Crippen LogP contribution in [-0.2, 0) is 11.3 Å². The molecule has 0 heterocycles. The van der Waals surface area contributed by atoms with Crippen LogP contribution in [0.5, 0.6) is 5.75 Å². The van der Waals surface area contributed by atoms with Crippen molar-refractivity contribution in [2.75, 3.05) is 12.8 Å². The number of methoxy groups -OCH3 is 1. The molecule has 0 radical (unpaired) electrons. The molecule has 21 heavy (non-hydrogen) atoms. The third-order valence-electron chi connectivity index (χ3n) is 2.77. The predicted molar refractivity (Wildman–Crippen MR) is 77.9 cm³/mol. The van der Waals surface area contributed by atoms with Crippen LogP contribution in [0.2, 0.25) is 5.02 Å². The molecule has 0 aliphatic heterocycles. The van der Waals surface area contributed by atoms with E-state index >= 15 is 0 Å². The molecule has 2 N–H and O–H groups in total. The molecule has 0 fully saturated rings. The number of carbonyl (C=O) groups is 1. The number of ether oxygens (including phenoxy) is 2. The standard InChI is InChI=1S/C15H13ClFNO3/c1-20-13-5-10(4-12(18)7-13)15(19)21-8-9-2-3-11(17)6-14(9)16/h2-7H,8,18H2,1H3. The number of esters is 1. The van der Waals surface area contributed by atoms with Crippen molar-refractivity contribution in [3.05, 3.63) is 58.4 Å². The number of halogens is 2. The van der Waals surface area contributed by atoms with E-state index in [-0.39, 0.29) is 17.2 Å². The van der Waals surface area contributed by atoms with Crippen LogP contribution in [0.1, 0.15) is 15.9 Å². The van der Waals surface area contributed by atoms with Crippen molar-refractivity contribution in [1.82, 2.24) is 0 Å². The number of carbonyl (C=O) groups excluding carboxylic acids is 1. The highest BCUT2D eigenvalue weighted by atomic mass is 35.5. The van der Waals surface area contributed by atoms with E-state index in [1.54, 1.807) is 6.07 Å². The molecule has 2 aromatic rings. The van der Waals surface area contributed by atoms with Gasteiger partial charge >= 0.3 is 5.97 Å². The Bertz CT molecular complexity index is 676. The molecule has 0 aromatic heterocycles. The molecular formula is C15H13ClFNO3. The first-order valence-electron chi connectivity index (χ1n) is 6.05. The van der Waals surface area contributed by atoms with Crippen molar-refractivity contribution in [2.24, 2.45) is 0 Å². The fourth-order valence-electron chi connectivity index (χ4n) is 1.72. The largest absolute Gasteiger partial charge is 0.497 e. The van der Waals surface area contributed by atoms with E-state index in [2.05, 4.69) is 0 Å². The maximum atomic E-state index is 12.9. The first kappa shape index (κ1) is 15.1. The monoisotopic (exact) mass is 309 g/mol. The molecule has 0 unspecified atom stereocenters. The van der Waals surface area contributed by atoms with Crippen molar-refractivity contribution in [2.45, 2.75) is 6.61 Å². The van der Waals surface area contributed by atoms with Crippen molar-refractivity contribution in [1.29, 1.82) is 0 Å². The Labute approximate surface area is 126 Å². The highest BCUT2D eigenvalue weighted by Gasteiger charge is 2.11. The van der Waals surface area contributed by atoms with Crippen molar-refractivity contribution in [3.63, 3.8) is 0 Å². The summed E-state index contributed by atoms with van der Waals surface area (Å²) in [6.07, 6.45) is 0. The lowest BCUT2D eigenvalue weighted by molar-refractivity contribution is 0.0472. The molecule has 0 bridgehead atoms. The van der Waals surface area contributed by atoms with Gasteiger partial charge in [-0.2, -0.15) is 0 Å². The van der Waals surface area contributed by atoms with Gasteiger partial charge in [-0.25, -0.2) is 9.18 Å². The van der Waals surface area contributed by atoms with Gasteiger partial charge in [-0.3, -0.25) is 0 Å². The third kappa shape index (κ3) is 3.86. The average molecular weight is 310 g/mol. The molecule has 4 nitrogen and oxygen atoms in total. The fraction of sp³-hybridized carbons (Fsp3) is 0.133. The molecule has 0 saturated heterocycles. The van der Waals surface area contributed by atoms with E-state index in [4.69, 9.17) is 26.8 Å². The topological polar surface area (TPSA) is 61.5 Å². The normalized spacial score (nSPS) is 10.2. The summed E-state index contributed by atoms with van der Waals surface area (Å²) in [4.78, 5) is 12.0. The summed E-state index contributed by atoms with van der Waals surface area (Å²) in [6.45, 7) is -0.0605. The van der Waals surface area contributed by atoms with Gasteiger partial charge in [0, 0.05) is 17.3 Å². The number of hydrogen-bond acceptors (Lipinski definition) is 4. The van der Waals surface area contributed by atoms with Crippen LogP contribution in [-0.4, -0.2) is 13.1 Å². The van der Waals surface area contributed by atoms with Gasteiger partial charge in [0.25, 0.3) is 0 Å². The zero-order valence-corrected chi connectivity index (χ0v) is 12.0. The van der Waals surface area contributed by atoms with Crippen LogP contribution < -0.4 is 10.5 Å². The summed E-state index contributed by atoms with van der Waals surface area (Å²) in [5.74, 6) is -0.557. The summed E-state index contributed by atoms with van der Waals surface area (Å²) >= 11 is 5.86. The van der Waals surface area contributed by atoms with Crippen LogP contribution in [0, 0.1) is 5.82 Å². The van der Waals surface area contributed by atoms with Crippen molar-refractivity contribution < 1.29 is 18.7 Å². The Kier molecular flexibility index (Phi) is 4.65. The summed E-state index contributed by atoms with van der Waals surface area (Å²) in [5.41, 5.74) is 6.84. The molecule has 2 rings (SSSR count). The van der Waals surface area contributed by atoms with Gasteiger partial charge in [0.15, 0.2) is 0 Å². The van der Waals surface area contributed by atoms with E-state index in [1.807, 2.05) is 0 Å². The van der Waals surface area contributed by atoms with Gasteiger partial charge in [0.1, 0.15) is 18.2 Å². The molecule has 0 atom stereocenters. The molecule has 0 aliphatic carbocycles. The zero-order valence-electron chi connectivity index (χ0n) is 11.2. The lowest BCUT2D eigenvalue weighted by Crippen LogP contribution is -2.06. The molecule has 0 spiro atoms. The number of anilines is 1. The van der Waals surface area contributed by atoms with E-state index in [0.717, 1.165) is 6.07 Å². The van der Waals surface area contributed by atoms with Crippen LogP contribution >= 0.6 is 11.6 Å². The Hall–Kier alpha value is -2.27. The fourth-order valence-corrected chi connectivity index (χ4v) is 1.94. The Balaban J connectivity index is 2.09. The second-order valence-electron chi connectivity index (χ2n) is 4.31. The molecular weight excluding hydrogens is 297 g/mol.